The topological polar surface area (TPSA) is 44.8 Å². The Bertz CT molecular complexity index is 234. The van der Waals surface area contributed by atoms with Gasteiger partial charge >= 0.3 is 5.97 Å². The molecule has 0 radical (unpaired) electrons. The zero-order valence-electron chi connectivity index (χ0n) is 11.7. The molecule has 0 N–H and O–H groups in total. The molecule has 1 aliphatic heterocycles. The van der Waals surface area contributed by atoms with Crippen LogP contribution in [0, 0.1) is 0 Å². The van der Waals surface area contributed by atoms with Gasteiger partial charge in [0.15, 0.2) is 5.79 Å². The van der Waals surface area contributed by atoms with Crippen molar-refractivity contribution in [2.24, 2.45) is 0 Å². The number of carbonyl (C=O) groups is 1. The van der Waals surface area contributed by atoms with Crippen molar-refractivity contribution in [2.75, 3.05) is 19.8 Å². The van der Waals surface area contributed by atoms with Gasteiger partial charge in [0.1, 0.15) is 0 Å². The van der Waals surface area contributed by atoms with Crippen molar-refractivity contribution in [3.8, 4) is 0 Å². The minimum absolute atomic E-state index is 0.0715. The molecule has 0 unspecified atom stereocenters. The van der Waals surface area contributed by atoms with Crippen molar-refractivity contribution < 1.29 is 19.0 Å². The molecule has 0 saturated carbocycles. The highest BCUT2D eigenvalue weighted by atomic mass is 16.7. The van der Waals surface area contributed by atoms with Gasteiger partial charge in [-0.25, -0.2) is 0 Å². The minimum atomic E-state index is -0.342. The van der Waals surface area contributed by atoms with Gasteiger partial charge < -0.3 is 14.2 Å². The van der Waals surface area contributed by atoms with Crippen LogP contribution in [0.2, 0.25) is 0 Å². The van der Waals surface area contributed by atoms with Crippen LogP contribution >= 0.6 is 0 Å². The van der Waals surface area contributed by atoms with Gasteiger partial charge in [-0.3, -0.25) is 4.79 Å². The summed E-state index contributed by atoms with van der Waals surface area (Å²) in [6.45, 7) is 5.77. The largest absolute Gasteiger partial charge is 0.466 e. The summed E-state index contributed by atoms with van der Waals surface area (Å²) in [4.78, 5) is 11.1. The standard InChI is InChI=1S/C14H26O4/c1-3-16-13(15)9-7-5-4-6-8-10-14(2)17-11-12-18-14/h3-12H2,1-2H3. The van der Waals surface area contributed by atoms with Crippen LogP contribution in [-0.2, 0) is 19.0 Å². The average molecular weight is 258 g/mol. The predicted molar refractivity (Wildman–Crippen MR) is 69.3 cm³/mol. The highest BCUT2D eigenvalue weighted by Crippen LogP contribution is 2.25. The van der Waals surface area contributed by atoms with Crippen LogP contribution < -0.4 is 0 Å². The lowest BCUT2D eigenvalue weighted by molar-refractivity contribution is -0.147. The lowest BCUT2D eigenvalue weighted by Gasteiger charge is -2.21. The Morgan fingerprint density at radius 3 is 2.39 bits per heavy atom. The van der Waals surface area contributed by atoms with E-state index in [9.17, 15) is 4.79 Å². The highest BCUT2D eigenvalue weighted by molar-refractivity contribution is 5.69. The highest BCUT2D eigenvalue weighted by Gasteiger charge is 2.29. The quantitative estimate of drug-likeness (QED) is 0.471. The van der Waals surface area contributed by atoms with Crippen molar-refractivity contribution in [1.29, 1.82) is 0 Å². The Morgan fingerprint density at radius 2 is 1.72 bits per heavy atom. The maximum Gasteiger partial charge on any atom is 0.305 e. The molecule has 4 heteroatoms. The summed E-state index contributed by atoms with van der Waals surface area (Å²) in [5.41, 5.74) is 0. The summed E-state index contributed by atoms with van der Waals surface area (Å²) in [5.74, 6) is -0.414. The fraction of sp³-hybridized carbons (Fsp3) is 0.929. The summed E-state index contributed by atoms with van der Waals surface area (Å²) in [5, 5.41) is 0. The molecule has 1 heterocycles. The molecule has 0 aliphatic carbocycles. The van der Waals surface area contributed by atoms with Crippen LogP contribution in [0.1, 0.15) is 58.8 Å². The van der Waals surface area contributed by atoms with Crippen molar-refractivity contribution in [3.63, 3.8) is 0 Å². The number of hydrogen-bond donors (Lipinski definition) is 0. The lowest BCUT2D eigenvalue weighted by atomic mass is 10.1. The monoisotopic (exact) mass is 258 g/mol. The fourth-order valence-corrected chi connectivity index (χ4v) is 2.18. The molecule has 0 aromatic carbocycles. The fourth-order valence-electron chi connectivity index (χ4n) is 2.18. The second kappa shape index (κ2) is 8.48. The predicted octanol–water partition coefficient (Wildman–Crippen LogP) is 3.04. The first kappa shape index (κ1) is 15.4. The average Bonchev–Trinajstić information content (AvgIpc) is 2.75. The summed E-state index contributed by atoms with van der Waals surface area (Å²) in [6, 6.07) is 0. The molecule has 0 amide bonds. The maximum absolute atomic E-state index is 11.1. The molecule has 106 valence electrons. The van der Waals surface area contributed by atoms with Crippen LogP contribution in [0.15, 0.2) is 0 Å². The lowest BCUT2D eigenvalue weighted by Crippen LogP contribution is -2.24. The van der Waals surface area contributed by atoms with Crippen LogP contribution in [0.4, 0.5) is 0 Å². The molecule has 0 atom stereocenters. The van der Waals surface area contributed by atoms with Crippen LogP contribution in [0.3, 0.4) is 0 Å². The molecule has 0 spiro atoms. The van der Waals surface area contributed by atoms with E-state index >= 15 is 0 Å². The van der Waals surface area contributed by atoms with E-state index in [1.807, 2.05) is 13.8 Å². The SMILES string of the molecule is CCOC(=O)CCCCCCCC1(C)OCCO1. The van der Waals surface area contributed by atoms with Crippen LogP contribution in [0.25, 0.3) is 0 Å². The molecule has 4 nitrogen and oxygen atoms in total. The maximum atomic E-state index is 11.1. The van der Waals surface area contributed by atoms with Gasteiger partial charge in [0, 0.05) is 12.8 Å². The van der Waals surface area contributed by atoms with E-state index in [2.05, 4.69) is 0 Å². The van der Waals surface area contributed by atoms with E-state index in [1.54, 1.807) is 0 Å². The molecule has 1 saturated heterocycles. The number of hydrogen-bond acceptors (Lipinski definition) is 4. The van der Waals surface area contributed by atoms with Gasteiger partial charge in [-0.1, -0.05) is 19.3 Å². The number of unbranched alkanes of at least 4 members (excludes halogenated alkanes) is 4. The van der Waals surface area contributed by atoms with E-state index in [0.29, 0.717) is 13.0 Å². The number of rotatable bonds is 9. The van der Waals surface area contributed by atoms with Crippen LogP contribution in [0.5, 0.6) is 0 Å². The molecule has 1 fully saturated rings. The molecule has 0 aromatic heterocycles. The molecular formula is C14H26O4. The molecule has 0 bridgehead atoms. The molecule has 0 aromatic rings. The summed E-state index contributed by atoms with van der Waals surface area (Å²) in [7, 11) is 0. The van der Waals surface area contributed by atoms with Gasteiger partial charge in [-0.15, -0.1) is 0 Å². The Morgan fingerprint density at radius 1 is 1.11 bits per heavy atom. The third kappa shape index (κ3) is 6.36. The summed E-state index contributed by atoms with van der Waals surface area (Å²) >= 11 is 0. The molecule has 18 heavy (non-hydrogen) atoms. The Balaban J connectivity index is 1.88. The van der Waals surface area contributed by atoms with Crippen LogP contribution in [-0.4, -0.2) is 31.6 Å². The van der Waals surface area contributed by atoms with E-state index in [4.69, 9.17) is 14.2 Å². The summed E-state index contributed by atoms with van der Waals surface area (Å²) < 4.78 is 16.0. The van der Waals surface area contributed by atoms with Crippen molar-refractivity contribution in [1.82, 2.24) is 0 Å². The normalized spacial score (nSPS) is 17.9. The Labute approximate surface area is 110 Å². The third-order valence-electron chi connectivity index (χ3n) is 3.22. The second-order valence-corrected chi connectivity index (χ2v) is 4.90. The number of ether oxygens (including phenoxy) is 3. The van der Waals surface area contributed by atoms with Gasteiger partial charge in [0.05, 0.1) is 19.8 Å². The Hall–Kier alpha value is -0.610. The third-order valence-corrected chi connectivity index (χ3v) is 3.22. The minimum Gasteiger partial charge on any atom is -0.466 e. The second-order valence-electron chi connectivity index (χ2n) is 4.90. The van der Waals surface area contributed by atoms with Crippen molar-refractivity contribution >= 4 is 5.97 Å². The van der Waals surface area contributed by atoms with E-state index in [-0.39, 0.29) is 11.8 Å². The van der Waals surface area contributed by atoms with Crippen molar-refractivity contribution in [3.05, 3.63) is 0 Å². The molecule has 1 rings (SSSR count). The number of esters is 1. The van der Waals surface area contributed by atoms with Gasteiger partial charge in [-0.05, 0) is 26.7 Å². The first-order chi connectivity index (χ1) is 8.66. The van der Waals surface area contributed by atoms with E-state index in [1.165, 1.54) is 6.42 Å². The zero-order chi connectivity index (χ0) is 13.3. The summed E-state index contributed by atoms with van der Waals surface area (Å²) in [6.07, 6.45) is 7.00. The first-order valence-corrected chi connectivity index (χ1v) is 7.10. The van der Waals surface area contributed by atoms with Gasteiger partial charge in [-0.2, -0.15) is 0 Å². The van der Waals surface area contributed by atoms with Crippen molar-refractivity contribution in [2.45, 2.75) is 64.6 Å². The molecular weight excluding hydrogens is 232 g/mol. The smallest absolute Gasteiger partial charge is 0.305 e. The molecule has 1 aliphatic rings. The van der Waals surface area contributed by atoms with Gasteiger partial charge in [0.2, 0.25) is 0 Å². The van der Waals surface area contributed by atoms with E-state index < -0.39 is 0 Å². The zero-order valence-corrected chi connectivity index (χ0v) is 11.7. The number of carbonyl (C=O) groups excluding carboxylic acids is 1. The van der Waals surface area contributed by atoms with Gasteiger partial charge in [0.25, 0.3) is 0 Å². The Kier molecular flexibility index (Phi) is 7.28. The first-order valence-electron chi connectivity index (χ1n) is 7.10. The van der Waals surface area contributed by atoms with E-state index in [0.717, 1.165) is 45.3 Å².